The van der Waals surface area contributed by atoms with E-state index >= 15 is 0 Å². The first-order chi connectivity index (χ1) is 9.46. The highest BCUT2D eigenvalue weighted by Gasteiger charge is 2.27. The number of hydrogen-bond donors (Lipinski definition) is 1. The van der Waals surface area contributed by atoms with Crippen LogP contribution >= 0.6 is 24.0 Å². The number of hydrogen-bond acceptors (Lipinski definition) is 2. The number of nitrogens with one attached hydrogen (secondary N) is 1. The second-order valence-corrected chi connectivity index (χ2v) is 6.55. The van der Waals surface area contributed by atoms with Crippen LogP contribution in [0.15, 0.2) is 12.1 Å². The Kier molecular flexibility index (Phi) is 4.54. The number of halogens is 2. The van der Waals surface area contributed by atoms with Crippen molar-refractivity contribution in [3.8, 4) is 0 Å². The van der Waals surface area contributed by atoms with Crippen molar-refractivity contribution in [1.29, 1.82) is 0 Å². The summed E-state index contributed by atoms with van der Waals surface area (Å²) in [5.41, 5.74) is 0.770. The average molecular weight is 316 g/mol. The monoisotopic (exact) mass is 316 g/mol. The summed E-state index contributed by atoms with van der Waals surface area (Å²) in [4.78, 5) is 2.84. The Morgan fingerprint density at radius 3 is 2.50 bits per heavy atom. The van der Waals surface area contributed by atoms with Gasteiger partial charge in [0.25, 0.3) is 0 Å². The zero-order valence-electron chi connectivity index (χ0n) is 11.8. The molecule has 0 fully saturated rings. The van der Waals surface area contributed by atoms with Crippen LogP contribution in [-0.4, -0.2) is 20.6 Å². The van der Waals surface area contributed by atoms with E-state index in [-0.39, 0.29) is 10.3 Å². The highest BCUT2D eigenvalue weighted by Crippen LogP contribution is 2.33. The summed E-state index contributed by atoms with van der Waals surface area (Å²) in [5.74, 6) is -1.19. The van der Waals surface area contributed by atoms with Crippen LogP contribution in [0.5, 0.6) is 0 Å². The quantitative estimate of drug-likeness (QED) is 0.792. The molecule has 0 spiro atoms. The van der Waals surface area contributed by atoms with Gasteiger partial charge in [-0.3, -0.25) is 0 Å². The molecule has 2 aromatic rings. The van der Waals surface area contributed by atoms with Crippen molar-refractivity contribution in [3.05, 3.63) is 28.5 Å². The lowest BCUT2D eigenvalue weighted by Crippen LogP contribution is -2.29. The third-order valence-corrected chi connectivity index (χ3v) is 5.86. The van der Waals surface area contributed by atoms with Crippen LogP contribution in [0.2, 0.25) is 0 Å². The molecule has 1 heterocycles. The van der Waals surface area contributed by atoms with Gasteiger partial charge in [0.1, 0.15) is 11.3 Å². The maximum Gasteiger partial charge on any atom is 0.178 e. The van der Waals surface area contributed by atoms with Gasteiger partial charge in [-0.1, -0.05) is 13.8 Å². The second-order valence-electron chi connectivity index (χ2n) is 4.89. The van der Waals surface area contributed by atoms with Gasteiger partial charge < -0.3 is 9.55 Å². The smallest absolute Gasteiger partial charge is 0.178 e. The van der Waals surface area contributed by atoms with Crippen LogP contribution in [0.3, 0.4) is 0 Å². The Morgan fingerprint density at radius 2 is 1.95 bits per heavy atom. The predicted octanol–water partition coefficient (Wildman–Crippen LogP) is 4.90. The van der Waals surface area contributed by atoms with Crippen molar-refractivity contribution in [2.24, 2.45) is 0 Å². The lowest BCUT2D eigenvalue weighted by molar-refractivity contribution is 0.470. The highest BCUT2D eigenvalue weighted by atomic mass is 32.2. The van der Waals surface area contributed by atoms with Crippen LogP contribution in [-0.2, 0) is 6.54 Å². The maximum absolute atomic E-state index is 13.8. The normalized spacial score (nSPS) is 12.2. The molecule has 0 aliphatic carbocycles. The van der Waals surface area contributed by atoms with Gasteiger partial charge in [0, 0.05) is 17.4 Å². The van der Waals surface area contributed by atoms with Crippen LogP contribution < -0.4 is 0 Å². The van der Waals surface area contributed by atoms with Crippen LogP contribution in [0.1, 0.15) is 26.7 Å². The molecule has 20 heavy (non-hydrogen) atoms. The molecule has 0 unspecified atom stereocenters. The zero-order chi connectivity index (χ0) is 14.9. The Hall–Kier alpha value is -0.880. The first-order valence-electron chi connectivity index (χ1n) is 6.59. The predicted molar refractivity (Wildman–Crippen MR) is 83.9 cm³/mol. The maximum atomic E-state index is 13.8. The molecular weight excluding hydrogens is 298 g/mol. The number of H-pyrrole nitrogens is 1. The Morgan fingerprint density at radius 1 is 1.30 bits per heavy atom. The molecule has 0 saturated heterocycles. The number of nitrogens with zero attached hydrogens (tertiary/aromatic N) is 1. The topological polar surface area (TPSA) is 20.7 Å². The molecule has 6 heteroatoms. The van der Waals surface area contributed by atoms with Gasteiger partial charge >= 0.3 is 0 Å². The third kappa shape index (κ3) is 2.63. The number of aromatic amines is 1. The summed E-state index contributed by atoms with van der Waals surface area (Å²) in [6.07, 6.45) is 4.00. The highest BCUT2D eigenvalue weighted by molar-refractivity contribution is 8.00. The van der Waals surface area contributed by atoms with Gasteiger partial charge in [-0.2, -0.15) is 11.8 Å². The summed E-state index contributed by atoms with van der Waals surface area (Å²) in [5, 5.41) is 0. The van der Waals surface area contributed by atoms with Crippen molar-refractivity contribution in [1.82, 2.24) is 9.55 Å². The van der Waals surface area contributed by atoms with Gasteiger partial charge in [0.2, 0.25) is 0 Å². The Balaban J connectivity index is 2.60. The SMILES string of the molecule is CCC(CC)(Cn1c(=S)[nH]c2c(F)cc(F)cc21)SC. The molecular formula is C14H18F2N2S2. The molecule has 2 nitrogen and oxygen atoms in total. The van der Waals surface area contributed by atoms with E-state index in [2.05, 4.69) is 25.1 Å². The fourth-order valence-electron chi connectivity index (χ4n) is 2.45. The molecule has 0 saturated carbocycles. The molecule has 0 bridgehead atoms. The third-order valence-electron chi connectivity index (χ3n) is 3.97. The summed E-state index contributed by atoms with van der Waals surface area (Å²) < 4.78 is 29.5. The van der Waals surface area contributed by atoms with Crippen LogP contribution in [0.4, 0.5) is 8.78 Å². The van der Waals surface area contributed by atoms with Crippen molar-refractivity contribution < 1.29 is 8.78 Å². The Labute approximate surface area is 126 Å². The van der Waals surface area contributed by atoms with E-state index in [1.807, 2.05) is 0 Å². The fraction of sp³-hybridized carbons (Fsp3) is 0.500. The molecule has 1 aromatic carbocycles. The minimum Gasteiger partial charge on any atom is -0.328 e. The number of benzene rings is 1. The van der Waals surface area contributed by atoms with E-state index in [0.717, 1.165) is 18.9 Å². The molecule has 0 amide bonds. The molecule has 0 aliphatic heterocycles. The van der Waals surface area contributed by atoms with Crippen LogP contribution in [0.25, 0.3) is 11.0 Å². The van der Waals surface area contributed by atoms with Gasteiger partial charge in [-0.05, 0) is 37.4 Å². The number of rotatable bonds is 5. The lowest BCUT2D eigenvalue weighted by atomic mass is 10.0. The number of imidazole rings is 1. The van der Waals surface area contributed by atoms with E-state index in [9.17, 15) is 8.78 Å². The number of aromatic nitrogens is 2. The number of fused-ring (bicyclic) bond motifs is 1. The van der Waals surface area contributed by atoms with Crippen molar-refractivity contribution in [2.45, 2.75) is 38.0 Å². The molecule has 0 radical (unpaired) electrons. The molecule has 0 atom stereocenters. The van der Waals surface area contributed by atoms with Gasteiger partial charge in [-0.15, -0.1) is 0 Å². The fourth-order valence-corrected chi connectivity index (χ4v) is 3.55. The van der Waals surface area contributed by atoms with Crippen molar-refractivity contribution in [2.75, 3.05) is 6.26 Å². The second kappa shape index (κ2) is 5.85. The lowest BCUT2D eigenvalue weighted by Gasteiger charge is -2.30. The summed E-state index contributed by atoms with van der Waals surface area (Å²) in [7, 11) is 0. The molecule has 2 rings (SSSR count). The molecule has 1 aromatic heterocycles. The summed E-state index contributed by atoms with van der Waals surface area (Å²) in [6, 6.07) is 2.21. The number of thioether (sulfide) groups is 1. The average Bonchev–Trinajstić information content (AvgIpc) is 2.73. The van der Waals surface area contributed by atoms with E-state index < -0.39 is 11.6 Å². The first-order valence-corrected chi connectivity index (χ1v) is 8.22. The molecule has 1 N–H and O–H groups in total. The largest absolute Gasteiger partial charge is 0.328 e. The van der Waals surface area contributed by atoms with Crippen molar-refractivity contribution in [3.63, 3.8) is 0 Å². The minimum atomic E-state index is -0.604. The summed E-state index contributed by atoms with van der Waals surface area (Å²) in [6.45, 7) is 4.89. The standard InChI is InChI=1S/C14H18F2N2S2/c1-4-14(5-2,20-3)8-18-11-7-9(15)6-10(16)12(11)17-13(18)19/h6-7H,4-5,8H2,1-3H3,(H,17,19). The van der Waals surface area contributed by atoms with Gasteiger partial charge in [0.15, 0.2) is 10.6 Å². The van der Waals surface area contributed by atoms with E-state index in [4.69, 9.17) is 12.2 Å². The van der Waals surface area contributed by atoms with Crippen LogP contribution in [0, 0.1) is 16.4 Å². The van der Waals surface area contributed by atoms with Crippen molar-refractivity contribution >= 4 is 35.0 Å². The molecule has 0 aliphatic rings. The first kappa shape index (κ1) is 15.5. The zero-order valence-corrected chi connectivity index (χ0v) is 13.4. The van der Waals surface area contributed by atoms with Gasteiger partial charge in [-0.25, -0.2) is 8.78 Å². The molecule has 110 valence electrons. The minimum absolute atomic E-state index is 0.0240. The van der Waals surface area contributed by atoms with E-state index in [1.54, 1.807) is 16.3 Å². The van der Waals surface area contributed by atoms with E-state index in [0.29, 0.717) is 16.8 Å². The van der Waals surface area contributed by atoms with E-state index in [1.165, 1.54) is 6.07 Å². The Bertz CT molecular complexity index is 663. The van der Waals surface area contributed by atoms with Gasteiger partial charge in [0.05, 0.1) is 5.52 Å². The summed E-state index contributed by atoms with van der Waals surface area (Å²) >= 11 is 7.05.